The van der Waals surface area contributed by atoms with Crippen LogP contribution in [-0.2, 0) is 0 Å². The number of piperazine rings is 1. The number of aromatic nitrogens is 1. The number of rotatable bonds is 14. The molecule has 0 bridgehead atoms. The van der Waals surface area contributed by atoms with Gasteiger partial charge in [-0.2, -0.15) is 0 Å². The van der Waals surface area contributed by atoms with Crippen LogP contribution >= 0.6 is 11.6 Å². The monoisotopic (exact) mass is 751 g/mol. The highest BCUT2D eigenvalue weighted by atomic mass is 35.5. The van der Waals surface area contributed by atoms with Gasteiger partial charge in [0.2, 0.25) is 0 Å². The standard InChI is InChI=1S/C42H56ClF2N5O3/c1-28(36-34(44)17-16-33(43)37(36)45)53-35-24-31(26-47-38(35)46)39(51)48-32-14-12-30(13-15-32)40(52)50-22-20-49(21-23-50)27-42(4,5)19-9-18-41(2,3)25-29-10-7-6-8-11-29/h12-17,24,26,28-29H,6-11,18-23,25,27H2,1-5H3,(H2,46,47)(H,48,51)/t28-/m1/s1. The van der Waals surface area contributed by atoms with E-state index in [1.165, 1.54) is 77.0 Å². The van der Waals surface area contributed by atoms with Gasteiger partial charge in [-0.3, -0.25) is 14.5 Å². The fourth-order valence-corrected chi connectivity index (χ4v) is 8.20. The lowest BCUT2D eigenvalue weighted by Crippen LogP contribution is -2.50. The molecule has 0 spiro atoms. The Morgan fingerprint density at radius 2 is 1.62 bits per heavy atom. The third kappa shape index (κ3) is 11.1. The van der Waals surface area contributed by atoms with E-state index in [0.29, 0.717) is 29.8 Å². The molecule has 2 aromatic carbocycles. The van der Waals surface area contributed by atoms with Crippen molar-refractivity contribution in [3.63, 3.8) is 0 Å². The van der Waals surface area contributed by atoms with Gasteiger partial charge in [0.05, 0.1) is 16.1 Å². The van der Waals surface area contributed by atoms with Crippen LogP contribution in [0.5, 0.6) is 5.75 Å². The minimum Gasteiger partial charge on any atom is -0.482 e. The first kappa shape index (κ1) is 40.4. The number of carbonyl (C=O) groups excluding carboxylic acids is 2. The molecule has 3 aromatic rings. The Labute approximate surface area is 318 Å². The third-order valence-corrected chi connectivity index (χ3v) is 11.2. The van der Waals surface area contributed by atoms with Crippen LogP contribution in [0.25, 0.3) is 0 Å². The second-order valence-electron chi connectivity index (χ2n) is 16.6. The van der Waals surface area contributed by atoms with Crippen LogP contribution in [-0.4, -0.2) is 59.3 Å². The Bertz CT molecular complexity index is 1720. The molecule has 53 heavy (non-hydrogen) atoms. The predicted octanol–water partition coefficient (Wildman–Crippen LogP) is 9.94. The topological polar surface area (TPSA) is 101 Å². The SMILES string of the molecule is C[C@@H](Oc1cc(C(=O)Nc2ccc(C(=O)N3CCN(CC(C)(C)CCCC(C)(C)CC4CCCCC4)CC3)cc2)cnc1N)c1c(F)ccc(Cl)c1F. The van der Waals surface area contributed by atoms with E-state index in [2.05, 4.69) is 42.9 Å². The van der Waals surface area contributed by atoms with Crippen LogP contribution in [0.3, 0.4) is 0 Å². The summed E-state index contributed by atoms with van der Waals surface area (Å²) in [4.78, 5) is 34.9. The molecule has 288 valence electrons. The molecule has 8 nitrogen and oxygen atoms in total. The summed E-state index contributed by atoms with van der Waals surface area (Å²) in [5.41, 5.74) is 7.36. The van der Waals surface area contributed by atoms with Gasteiger partial charge in [0.25, 0.3) is 11.8 Å². The summed E-state index contributed by atoms with van der Waals surface area (Å²) in [6, 6.07) is 10.3. The van der Waals surface area contributed by atoms with E-state index < -0.39 is 23.6 Å². The van der Waals surface area contributed by atoms with Crippen LogP contribution in [0.1, 0.15) is 125 Å². The van der Waals surface area contributed by atoms with Crippen molar-refractivity contribution in [2.45, 2.75) is 98.5 Å². The van der Waals surface area contributed by atoms with E-state index >= 15 is 0 Å². The first-order chi connectivity index (χ1) is 25.1. The summed E-state index contributed by atoms with van der Waals surface area (Å²) in [5, 5.41) is 2.54. The summed E-state index contributed by atoms with van der Waals surface area (Å²) < 4.78 is 34.6. The number of nitrogens with zero attached hydrogens (tertiary/aromatic N) is 3. The van der Waals surface area contributed by atoms with Crippen LogP contribution in [0.15, 0.2) is 48.7 Å². The number of carbonyl (C=O) groups is 2. The second-order valence-corrected chi connectivity index (χ2v) is 17.0. The number of anilines is 2. The average molecular weight is 752 g/mol. The van der Waals surface area contributed by atoms with Crippen molar-refractivity contribution in [2.24, 2.45) is 16.7 Å². The molecule has 1 atom stereocenters. The quantitative estimate of drug-likeness (QED) is 0.159. The molecule has 1 saturated carbocycles. The molecular weight excluding hydrogens is 696 g/mol. The second kappa shape index (κ2) is 17.6. The number of nitrogens with two attached hydrogens (primary N) is 1. The molecule has 1 aromatic heterocycles. The molecule has 2 aliphatic rings. The van der Waals surface area contributed by atoms with Crippen molar-refractivity contribution in [2.75, 3.05) is 43.8 Å². The van der Waals surface area contributed by atoms with Crippen molar-refractivity contribution in [3.05, 3.63) is 82.0 Å². The van der Waals surface area contributed by atoms with Gasteiger partial charge in [-0.1, -0.05) is 77.8 Å². The average Bonchev–Trinajstić information content (AvgIpc) is 3.11. The van der Waals surface area contributed by atoms with E-state index in [9.17, 15) is 18.4 Å². The van der Waals surface area contributed by atoms with Gasteiger partial charge in [-0.15, -0.1) is 0 Å². The lowest BCUT2D eigenvalue weighted by Gasteiger charge is -2.39. The van der Waals surface area contributed by atoms with Gasteiger partial charge in [0.15, 0.2) is 17.4 Å². The molecule has 0 radical (unpaired) electrons. The van der Waals surface area contributed by atoms with E-state index in [1.807, 2.05) is 4.90 Å². The van der Waals surface area contributed by atoms with E-state index in [0.717, 1.165) is 37.7 Å². The Morgan fingerprint density at radius 1 is 0.962 bits per heavy atom. The molecule has 1 aliphatic carbocycles. The molecule has 11 heteroatoms. The van der Waals surface area contributed by atoms with Crippen molar-refractivity contribution < 1.29 is 23.1 Å². The highest BCUT2D eigenvalue weighted by Crippen LogP contribution is 2.39. The summed E-state index contributed by atoms with van der Waals surface area (Å²) in [6.45, 7) is 15.2. The number of nitrogens with one attached hydrogen (secondary N) is 1. The molecule has 2 amide bonds. The van der Waals surface area contributed by atoms with Crippen LogP contribution in [0.4, 0.5) is 20.3 Å². The van der Waals surface area contributed by atoms with Crippen LogP contribution < -0.4 is 15.8 Å². The zero-order valence-electron chi connectivity index (χ0n) is 32.0. The molecule has 0 unspecified atom stereocenters. The number of amides is 2. The van der Waals surface area contributed by atoms with Crippen LogP contribution in [0.2, 0.25) is 5.02 Å². The van der Waals surface area contributed by atoms with Gasteiger partial charge in [0.1, 0.15) is 11.9 Å². The summed E-state index contributed by atoms with van der Waals surface area (Å²) in [6.07, 6.45) is 12.3. The molecule has 2 fully saturated rings. The zero-order chi connectivity index (χ0) is 38.3. The fraction of sp³-hybridized carbons (Fsp3) is 0.548. The first-order valence-corrected chi connectivity index (χ1v) is 19.5. The predicted molar refractivity (Wildman–Crippen MR) is 208 cm³/mol. The fourth-order valence-electron chi connectivity index (χ4n) is 8.03. The highest BCUT2D eigenvalue weighted by molar-refractivity contribution is 6.30. The first-order valence-electron chi connectivity index (χ1n) is 19.1. The minimum atomic E-state index is -1.11. The maximum Gasteiger partial charge on any atom is 0.257 e. The number of ether oxygens (including phenoxy) is 1. The van der Waals surface area contributed by atoms with Gasteiger partial charge < -0.3 is 20.7 Å². The van der Waals surface area contributed by atoms with Crippen molar-refractivity contribution in [1.82, 2.24) is 14.8 Å². The maximum atomic E-state index is 14.5. The van der Waals surface area contributed by atoms with E-state index in [1.54, 1.807) is 24.3 Å². The van der Waals surface area contributed by atoms with Gasteiger partial charge >= 0.3 is 0 Å². The smallest absolute Gasteiger partial charge is 0.257 e. The Hall–Kier alpha value is -3.76. The largest absolute Gasteiger partial charge is 0.482 e. The Kier molecular flexibility index (Phi) is 13.4. The number of pyridine rings is 1. The number of halogens is 3. The zero-order valence-corrected chi connectivity index (χ0v) is 32.7. The lowest BCUT2D eigenvalue weighted by molar-refractivity contribution is 0.0569. The normalized spacial score (nSPS) is 16.7. The van der Waals surface area contributed by atoms with E-state index in [-0.39, 0.29) is 39.0 Å². The van der Waals surface area contributed by atoms with Crippen LogP contribution in [0, 0.1) is 28.4 Å². The summed E-state index contributed by atoms with van der Waals surface area (Å²) >= 11 is 5.83. The van der Waals surface area contributed by atoms with Crippen molar-refractivity contribution in [1.29, 1.82) is 0 Å². The molecular formula is C42H56ClF2N5O3. The maximum absolute atomic E-state index is 14.5. The molecule has 3 N–H and O–H groups in total. The molecule has 1 aliphatic heterocycles. The van der Waals surface area contributed by atoms with Gasteiger partial charge in [0, 0.05) is 50.2 Å². The number of hydrogen-bond donors (Lipinski definition) is 2. The molecule has 1 saturated heterocycles. The van der Waals surface area contributed by atoms with Crippen molar-refractivity contribution in [3.8, 4) is 5.75 Å². The van der Waals surface area contributed by atoms with Gasteiger partial charge in [-0.05, 0) is 85.4 Å². The summed E-state index contributed by atoms with van der Waals surface area (Å²) in [5.74, 6) is -1.45. The number of benzene rings is 2. The number of hydrogen-bond acceptors (Lipinski definition) is 6. The summed E-state index contributed by atoms with van der Waals surface area (Å²) in [7, 11) is 0. The minimum absolute atomic E-state index is 0.0161. The molecule has 5 rings (SSSR count). The highest BCUT2D eigenvalue weighted by Gasteiger charge is 2.29. The lowest BCUT2D eigenvalue weighted by atomic mass is 9.73. The Morgan fingerprint density at radius 3 is 2.30 bits per heavy atom. The van der Waals surface area contributed by atoms with Gasteiger partial charge in [-0.25, -0.2) is 13.8 Å². The molecule has 2 heterocycles. The number of nitrogen functional groups attached to an aromatic ring is 1. The Balaban J connectivity index is 1.08. The third-order valence-electron chi connectivity index (χ3n) is 10.9. The van der Waals surface area contributed by atoms with Crippen molar-refractivity contribution >= 4 is 34.9 Å². The van der Waals surface area contributed by atoms with E-state index in [4.69, 9.17) is 22.1 Å².